The Bertz CT molecular complexity index is 1410. The van der Waals surface area contributed by atoms with E-state index in [2.05, 4.69) is 0 Å². The molecule has 1 aliphatic carbocycles. The second-order valence-electron chi connectivity index (χ2n) is 8.89. The van der Waals surface area contributed by atoms with Gasteiger partial charge in [0.2, 0.25) is 0 Å². The maximum absolute atomic E-state index is 14.8. The van der Waals surface area contributed by atoms with Gasteiger partial charge in [-0.1, -0.05) is 6.92 Å². The van der Waals surface area contributed by atoms with Crippen LogP contribution in [0.5, 0.6) is 0 Å². The van der Waals surface area contributed by atoms with E-state index in [1.165, 1.54) is 6.07 Å². The molecule has 0 saturated heterocycles. The summed E-state index contributed by atoms with van der Waals surface area (Å²) in [7, 11) is 0. The molecule has 1 aromatic carbocycles. The van der Waals surface area contributed by atoms with Crippen LogP contribution in [0.1, 0.15) is 59.9 Å². The number of nitrogens with two attached hydrogens (primary N) is 1. The second kappa shape index (κ2) is 6.46. The van der Waals surface area contributed by atoms with E-state index in [4.69, 9.17) is 15.5 Å². The van der Waals surface area contributed by atoms with Gasteiger partial charge in [-0.3, -0.25) is 4.79 Å². The number of hydrogen-bond donors (Lipinski definition) is 2. The van der Waals surface area contributed by atoms with Crippen LogP contribution in [-0.4, -0.2) is 20.6 Å². The first-order valence-corrected chi connectivity index (χ1v) is 10.9. The minimum absolute atomic E-state index is 0.0724. The number of halogens is 1. The molecule has 3 N–H and O–H groups in total. The molecule has 0 unspecified atom stereocenters. The molecule has 2 aliphatic heterocycles. The number of aromatic nitrogens is 2. The molecule has 0 amide bonds. The standard InChI is InChI=1S/C24H22FN3O4/c1-2-24(31)17-6-20-21-15(9-28(20)22(29)16(17)10-32-23(24)30)14(8-26)13-5-12(11-3-4-11)18(25)7-19(13)27-21/h5-7,11,31H,2-4,8-10,26H2,1H3/t24-/m0/s1. The number of ether oxygens (including phenoxy) is 1. The van der Waals surface area contributed by atoms with Crippen molar-refractivity contribution >= 4 is 16.9 Å². The molecule has 1 fully saturated rings. The van der Waals surface area contributed by atoms with Gasteiger partial charge in [0.1, 0.15) is 12.4 Å². The van der Waals surface area contributed by atoms with E-state index in [0.717, 1.165) is 29.4 Å². The van der Waals surface area contributed by atoms with Gasteiger partial charge in [0.05, 0.1) is 29.0 Å². The average molecular weight is 435 g/mol. The summed E-state index contributed by atoms with van der Waals surface area (Å²) < 4.78 is 21.4. The highest BCUT2D eigenvalue weighted by molar-refractivity contribution is 5.89. The molecule has 7 nitrogen and oxygen atoms in total. The highest BCUT2D eigenvalue weighted by Crippen LogP contribution is 2.44. The fraction of sp³-hybridized carbons (Fsp3) is 0.375. The van der Waals surface area contributed by atoms with Gasteiger partial charge in [-0.05, 0) is 48.4 Å². The van der Waals surface area contributed by atoms with Gasteiger partial charge in [-0.15, -0.1) is 0 Å². The highest BCUT2D eigenvalue weighted by Gasteiger charge is 2.45. The zero-order valence-corrected chi connectivity index (χ0v) is 17.6. The van der Waals surface area contributed by atoms with E-state index in [9.17, 15) is 19.1 Å². The van der Waals surface area contributed by atoms with Crippen molar-refractivity contribution in [1.82, 2.24) is 9.55 Å². The molecule has 1 saturated carbocycles. The van der Waals surface area contributed by atoms with Crippen LogP contribution < -0.4 is 11.3 Å². The van der Waals surface area contributed by atoms with Gasteiger partial charge in [-0.25, -0.2) is 14.2 Å². The van der Waals surface area contributed by atoms with Crippen molar-refractivity contribution in [3.63, 3.8) is 0 Å². The van der Waals surface area contributed by atoms with Crippen LogP contribution in [0.15, 0.2) is 23.0 Å². The molecular formula is C24H22FN3O4. The van der Waals surface area contributed by atoms with E-state index >= 15 is 0 Å². The smallest absolute Gasteiger partial charge is 0.343 e. The molecule has 3 aromatic rings. The first kappa shape index (κ1) is 19.6. The fourth-order valence-corrected chi connectivity index (χ4v) is 5.14. The van der Waals surface area contributed by atoms with Crippen LogP contribution in [0.25, 0.3) is 22.3 Å². The van der Waals surface area contributed by atoms with E-state index < -0.39 is 11.6 Å². The number of pyridine rings is 2. The molecule has 32 heavy (non-hydrogen) atoms. The Morgan fingerprint density at radius 2 is 2.06 bits per heavy atom. The van der Waals surface area contributed by atoms with Gasteiger partial charge in [0.25, 0.3) is 5.56 Å². The van der Waals surface area contributed by atoms with Crippen molar-refractivity contribution in [1.29, 1.82) is 0 Å². The number of hydrogen-bond acceptors (Lipinski definition) is 6. The van der Waals surface area contributed by atoms with E-state index in [1.807, 2.05) is 6.07 Å². The first-order valence-electron chi connectivity index (χ1n) is 10.9. The number of nitrogens with zero attached hydrogens (tertiary/aromatic N) is 2. The molecule has 1 atom stereocenters. The maximum Gasteiger partial charge on any atom is 0.343 e. The van der Waals surface area contributed by atoms with Gasteiger partial charge >= 0.3 is 5.97 Å². The molecular weight excluding hydrogens is 413 g/mol. The average Bonchev–Trinajstić information content (AvgIpc) is 3.56. The number of esters is 1. The number of fused-ring (bicyclic) bond motifs is 5. The minimum atomic E-state index is -1.89. The van der Waals surface area contributed by atoms with E-state index in [-0.39, 0.29) is 54.5 Å². The predicted molar refractivity (Wildman–Crippen MR) is 114 cm³/mol. The number of carbonyl (C=O) groups is 1. The quantitative estimate of drug-likeness (QED) is 0.479. The second-order valence-corrected chi connectivity index (χ2v) is 8.89. The lowest BCUT2D eigenvalue weighted by Crippen LogP contribution is -2.44. The summed E-state index contributed by atoms with van der Waals surface area (Å²) >= 11 is 0. The van der Waals surface area contributed by atoms with Gasteiger partial charge in [0, 0.05) is 29.1 Å². The van der Waals surface area contributed by atoms with Crippen LogP contribution in [0.4, 0.5) is 4.39 Å². The lowest BCUT2D eigenvalue weighted by molar-refractivity contribution is -0.172. The molecule has 3 aliphatic rings. The van der Waals surface area contributed by atoms with Crippen molar-refractivity contribution in [3.8, 4) is 11.4 Å². The van der Waals surface area contributed by atoms with Crippen molar-refractivity contribution in [2.24, 2.45) is 5.73 Å². The Morgan fingerprint density at radius 1 is 1.28 bits per heavy atom. The molecule has 2 aromatic heterocycles. The van der Waals surface area contributed by atoms with Crippen molar-refractivity contribution in [3.05, 3.63) is 62.2 Å². The lowest BCUT2D eigenvalue weighted by Gasteiger charge is -2.31. The first-order chi connectivity index (χ1) is 15.4. The molecule has 8 heteroatoms. The molecule has 6 rings (SSSR count). The predicted octanol–water partition coefficient (Wildman–Crippen LogP) is 2.55. The summed E-state index contributed by atoms with van der Waals surface area (Å²) in [5, 5.41) is 11.8. The normalized spacial score (nSPS) is 21.3. The molecule has 4 heterocycles. The van der Waals surface area contributed by atoms with Gasteiger partial charge < -0.3 is 20.1 Å². The number of cyclic esters (lactones) is 1. The summed E-state index contributed by atoms with van der Waals surface area (Å²) in [5.41, 5.74) is 8.31. The number of aliphatic hydroxyl groups is 1. The Balaban J connectivity index is 1.63. The maximum atomic E-state index is 14.8. The third kappa shape index (κ3) is 2.45. The van der Waals surface area contributed by atoms with E-state index in [1.54, 1.807) is 17.6 Å². The van der Waals surface area contributed by atoms with Crippen molar-refractivity contribution in [2.45, 2.75) is 57.4 Å². The summed E-state index contributed by atoms with van der Waals surface area (Å²) in [6.45, 7) is 1.98. The molecule has 0 radical (unpaired) electrons. The third-order valence-corrected chi connectivity index (χ3v) is 7.15. The van der Waals surface area contributed by atoms with Crippen LogP contribution in [-0.2, 0) is 34.8 Å². The van der Waals surface area contributed by atoms with Crippen LogP contribution in [0, 0.1) is 5.82 Å². The highest BCUT2D eigenvalue weighted by atomic mass is 19.1. The van der Waals surface area contributed by atoms with Crippen molar-refractivity contribution < 1.29 is 19.0 Å². The molecule has 0 bridgehead atoms. The van der Waals surface area contributed by atoms with Gasteiger partial charge in [0.15, 0.2) is 5.60 Å². The largest absolute Gasteiger partial charge is 0.458 e. The summed E-state index contributed by atoms with van der Waals surface area (Å²) in [6.07, 6.45) is 2.03. The zero-order valence-electron chi connectivity index (χ0n) is 17.6. The Kier molecular flexibility index (Phi) is 3.95. The molecule has 0 spiro atoms. The van der Waals surface area contributed by atoms with Crippen LogP contribution >= 0.6 is 0 Å². The lowest BCUT2D eigenvalue weighted by atomic mass is 9.86. The Hall–Kier alpha value is -3.10. The van der Waals surface area contributed by atoms with E-state index in [0.29, 0.717) is 22.5 Å². The van der Waals surface area contributed by atoms with Crippen LogP contribution in [0.3, 0.4) is 0 Å². The number of benzene rings is 1. The third-order valence-electron chi connectivity index (χ3n) is 7.15. The topological polar surface area (TPSA) is 107 Å². The van der Waals surface area contributed by atoms with Crippen LogP contribution in [0.2, 0.25) is 0 Å². The minimum Gasteiger partial charge on any atom is -0.458 e. The zero-order chi connectivity index (χ0) is 22.4. The molecule has 164 valence electrons. The summed E-state index contributed by atoms with van der Waals surface area (Å²) in [5.74, 6) is -0.799. The SMILES string of the molecule is CC[C@@]1(O)C(=O)OCc2c1cc1n(c2=O)Cc2c-1nc1cc(F)c(C3CC3)cc1c2CN. The Labute approximate surface area is 182 Å². The van der Waals surface area contributed by atoms with Gasteiger partial charge in [-0.2, -0.15) is 0 Å². The Morgan fingerprint density at radius 3 is 2.75 bits per heavy atom. The number of rotatable bonds is 3. The summed E-state index contributed by atoms with van der Waals surface area (Å²) in [4.78, 5) is 30.4. The monoisotopic (exact) mass is 435 g/mol. The van der Waals surface area contributed by atoms with Crippen molar-refractivity contribution in [2.75, 3.05) is 0 Å². The fourth-order valence-electron chi connectivity index (χ4n) is 5.14. The summed E-state index contributed by atoms with van der Waals surface area (Å²) in [6, 6.07) is 4.96. The number of carbonyl (C=O) groups excluding carboxylic acids is 1.